The number of halogens is 1. The molecule has 3 heteroatoms. The highest BCUT2D eigenvalue weighted by atomic mass is 19.1. The molecule has 1 unspecified atom stereocenters. The average Bonchev–Trinajstić information content (AvgIpc) is 2.42. The van der Waals surface area contributed by atoms with Crippen LogP contribution in [0, 0.1) is 11.7 Å². The summed E-state index contributed by atoms with van der Waals surface area (Å²) in [6.45, 7) is 5.87. The van der Waals surface area contributed by atoms with Crippen molar-refractivity contribution in [2.24, 2.45) is 5.92 Å². The zero-order chi connectivity index (χ0) is 14.4. The van der Waals surface area contributed by atoms with E-state index in [2.05, 4.69) is 31.3 Å². The summed E-state index contributed by atoms with van der Waals surface area (Å²) >= 11 is 0. The Kier molecular flexibility index (Phi) is 5.60. The molecule has 2 nitrogen and oxygen atoms in total. The minimum Gasteiger partial charge on any atom is -0.486 e. The van der Waals surface area contributed by atoms with E-state index in [-0.39, 0.29) is 11.9 Å². The maximum absolute atomic E-state index is 13.4. The topological polar surface area (TPSA) is 21.3 Å². The molecule has 0 amide bonds. The second-order valence-electron chi connectivity index (χ2n) is 5.79. The smallest absolute Gasteiger partial charge is 0.124 e. The first-order chi connectivity index (χ1) is 9.65. The van der Waals surface area contributed by atoms with E-state index in [0.717, 1.165) is 37.1 Å². The number of hydrogen-bond donors (Lipinski definition) is 1. The molecule has 1 aromatic carbocycles. The molecule has 0 heterocycles. The lowest BCUT2D eigenvalue weighted by Gasteiger charge is -2.21. The van der Waals surface area contributed by atoms with Crippen molar-refractivity contribution in [3.8, 4) is 5.75 Å². The Balaban J connectivity index is 2.02. The third-order valence-electron chi connectivity index (χ3n) is 3.38. The van der Waals surface area contributed by atoms with Crippen LogP contribution in [0.3, 0.4) is 0 Å². The molecule has 1 aliphatic rings. The molecule has 1 aliphatic carbocycles. The van der Waals surface area contributed by atoms with Gasteiger partial charge in [-0.05, 0) is 56.0 Å². The van der Waals surface area contributed by atoms with Gasteiger partial charge < -0.3 is 10.1 Å². The lowest BCUT2D eigenvalue weighted by molar-refractivity contribution is 0.227. The second-order valence-corrected chi connectivity index (χ2v) is 5.79. The Morgan fingerprint density at radius 3 is 2.95 bits per heavy atom. The fourth-order valence-electron chi connectivity index (χ4n) is 2.34. The summed E-state index contributed by atoms with van der Waals surface area (Å²) in [6.07, 6.45) is 7.72. The van der Waals surface area contributed by atoms with Gasteiger partial charge in [-0.3, -0.25) is 0 Å². The molecule has 1 atom stereocenters. The summed E-state index contributed by atoms with van der Waals surface area (Å²) in [7, 11) is 0. The summed E-state index contributed by atoms with van der Waals surface area (Å²) < 4.78 is 19.4. The third kappa shape index (κ3) is 4.64. The van der Waals surface area contributed by atoms with Crippen LogP contribution in [0.1, 0.15) is 38.7 Å². The lowest BCUT2D eigenvalue weighted by atomic mass is 10.1. The van der Waals surface area contributed by atoms with Gasteiger partial charge in [-0.15, -0.1) is 0 Å². The summed E-state index contributed by atoms with van der Waals surface area (Å²) in [5, 5.41) is 3.34. The van der Waals surface area contributed by atoms with Crippen LogP contribution in [0.15, 0.2) is 30.4 Å². The van der Waals surface area contributed by atoms with Crippen LogP contribution in [-0.2, 0) is 6.54 Å². The first-order valence-corrected chi connectivity index (χ1v) is 7.47. The lowest BCUT2D eigenvalue weighted by Crippen LogP contribution is -2.21. The van der Waals surface area contributed by atoms with Crippen LogP contribution in [0.25, 0.3) is 0 Å². The van der Waals surface area contributed by atoms with E-state index in [1.165, 1.54) is 6.07 Å². The first kappa shape index (κ1) is 15.0. The molecule has 0 saturated carbocycles. The molecule has 1 aromatic rings. The van der Waals surface area contributed by atoms with E-state index in [4.69, 9.17) is 4.74 Å². The molecule has 2 rings (SSSR count). The van der Waals surface area contributed by atoms with Gasteiger partial charge in [-0.2, -0.15) is 0 Å². The van der Waals surface area contributed by atoms with Crippen LogP contribution in [0.5, 0.6) is 5.75 Å². The van der Waals surface area contributed by atoms with Crippen LogP contribution >= 0.6 is 0 Å². The van der Waals surface area contributed by atoms with Gasteiger partial charge in [0, 0.05) is 12.1 Å². The Morgan fingerprint density at radius 2 is 2.25 bits per heavy atom. The van der Waals surface area contributed by atoms with E-state index >= 15 is 0 Å². The van der Waals surface area contributed by atoms with Gasteiger partial charge in [0.15, 0.2) is 0 Å². The minimum atomic E-state index is -0.210. The fourth-order valence-corrected chi connectivity index (χ4v) is 2.34. The number of hydrogen-bond acceptors (Lipinski definition) is 2. The van der Waals surface area contributed by atoms with Crippen molar-refractivity contribution in [1.29, 1.82) is 0 Å². The van der Waals surface area contributed by atoms with Crippen molar-refractivity contribution >= 4 is 0 Å². The maximum Gasteiger partial charge on any atom is 0.124 e. The Bertz CT molecular complexity index is 456. The first-order valence-electron chi connectivity index (χ1n) is 7.47. The number of allylic oxidation sites excluding steroid dienone is 1. The van der Waals surface area contributed by atoms with Crippen molar-refractivity contribution in [3.05, 3.63) is 41.7 Å². The summed E-state index contributed by atoms with van der Waals surface area (Å²) in [5.74, 6) is 1.16. The molecule has 0 fully saturated rings. The highest BCUT2D eigenvalue weighted by molar-refractivity contribution is 5.34. The van der Waals surface area contributed by atoms with Crippen molar-refractivity contribution in [1.82, 2.24) is 5.32 Å². The molecule has 0 spiro atoms. The predicted octanol–water partition coefficient (Wildman–Crippen LogP) is 4.06. The monoisotopic (exact) mass is 277 g/mol. The molecule has 0 bridgehead atoms. The van der Waals surface area contributed by atoms with Crippen molar-refractivity contribution in [2.75, 3.05) is 6.54 Å². The molecular weight excluding hydrogens is 253 g/mol. The van der Waals surface area contributed by atoms with Gasteiger partial charge in [-0.25, -0.2) is 4.39 Å². The van der Waals surface area contributed by atoms with Gasteiger partial charge in [0.1, 0.15) is 17.7 Å². The second kappa shape index (κ2) is 7.44. The number of benzene rings is 1. The normalized spacial score (nSPS) is 18.5. The molecule has 110 valence electrons. The molecule has 0 aliphatic heterocycles. The Morgan fingerprint density at radius 1 is 1.40 bits per heavy atom. The molecule has 20 heavy (non-hydrogen) atoms. The van der Waals surface area contributed by atoms with Crippen molar-refractivity contribution < 1.29 is 9.13 Å². The third-order valence-corrected chi connectivity index (χ3v) is 3.38. The maximum atomic E-state index is 13.4. The number of rotatable bonds is 6. The van der Waals surface area contributed by atoms with Gasteiger partial charge >= 0.3 is 0 Å². The summed E-state index contributed by atoms with van der Waals surface area (Å²) in [6, 6.07) is 4.77. The zero-order valence-electron chi connectivity index (χ0n) is 12.4. The van der Waals surface area contributed by atoms with Crippen LogP contribution < -0.4 is 10.1 Å². The molecule has 0 saturated heterocycles. The number of nitrogens with one attached hydrogen (secondary N) is 1. The SMILES string of the molecule is CC(C)CNCc1cc(F)ccc1OC1C=CCCC1. The van der Waals surface area contributed by atoms with Crippen LogP contribution in [0.4, 0.5) is 4.39 Å². The van der Waals surface area contributed by atoms with Crippen LogP contribution in [0.2, 0.25) is 0 Å². The van der Waals surface area contributed by atoms with E-state index in [1.54, 1.807) is 12.1 Å². The quantitative estimate of drug-likeness (QED) is 0.792. The minimum absolute atomic E-state index is 0.123. The largest absolute Gasteiger partial charge is 0.486 e. The molecule has 0 aromatic heterocycles. The summed E-state index contributed by atoms with van der Waals surface area (Å²) in [4.78, 5) is 0. The van der Waals surface area contributed by atoms with Gasteiger partial charge in [0.25, 0.3) is 0 Å². The predicted molar refractivity (Wildman–Crippen MR) is 80.4 cm³/mol. The van der Waals surface area contributed by atoms with Gasteiger partial charge in [-0.1, -0.05) is 19.9 Å². The van der Waals surface area contributed by atoms with Crippen LogP contribution in [-0.4, -0.2) is 12.6 Å². The Hall–Kier alpha value is -1.35. The molecule has 0 radical (unpaired) electrons. The van der Waals surface area contributed by atoms with Crippen molar-refractivity contribution in [3.63, 3.8) is 0 Å². The standard InChI is InChI=1S/C17H24FNO/c1-13(2)11-19-12-14-10-15(18)8-9-17(14)20-16-6-4-3-5-7-16/h4,6,8-10,13,16,19H,3,5,7,11-12H2,1-2H3. The van der Waals surface area contributed by atoms with E-state index in [9.17, 15) is 4.39 Å². The highest BCUT2D eigenvalue weighted by Gasteiger charge is 2.13. The highest BCUT2D eigenvalue weighted by Crippen LogP contribution is 2.24. The molecular formula is C17H24FNO. The van der Waals surface area contributed by atoms with E-state index < -0.39 is 0 Å². The van der Waals surface area contributed by atoms with Gasteiger partial charge in [0.2, 0.25) is 0 Å². The Labute approximate surface area is 121 Å². The average molecular weight is 277 g/mol. The zero-order valence-corrected chi connectivity index (χ0v) is 12.4. The van der Waals surface area contributed by atoms with Gasteiger partial charge in [0.05, 0.1) is 0 Å². The molecule has 1 N–H and O–H groups in total. The van der Waals surface area contributed by atoms with E-state index in [1.807, 2.05) is 0 Å². The fraction of sp³-hybridized carbons (Fsp3) is 0.529. The number of ether oxygens (including phenoxy) is 1. The van der Waals surface area contributed by atoms with E-state index in [0.29, 0.717) is 12.5 Å². The summed E-state index contributed by atoms with van der Waals surface area (Å²) in [5.41, 5.74) is 0.893. The van der Waals surface area contributed by atoms with Crippen molar-refractivity contribution in [2.45, 2.75) is 45.8 Å².